The average Bonchev–Trinajstić information content (AvgIpc) is 2.40. The number of ether oxygens (including phenoxy) is 1. The van der Waals surface area contributed by atoms with Gasteiger partial charge in [0.15, 0.2) is 0 Å². The summed E-state index contributed by atoms with van der Waals surface area (Å²) in [7, 11) is 0. The highest BCUT2D eigenvalue weighted by molar-refractivity contribution is 6.31. The molecule has 5 nitrogen and oxygen atoms in total. The molecule has 2 rings (SSSR count). The van der Waals surface area contributed by atoms with Crippen molar-refractivity contribution in [3.63, 3.8) is 0 Å². The summed E-state index contributed by atoms with van der Waals surface area (Å²) in [5, 5.41) is 3.76. The summed E-state index contributed by atoms with van der Waals surface area (Å²) in [5.41, 5.74) is 1.77. The number of anilines is 2. The van der Waals surface area contributed by atoms with Gasteiger partial charge in [-0.15, -0.1) is 0 Å². The van der Waals surface area contributed by atoms with Gasteiger partial charge in [0.25, 0.3) is 0 Å². The minimum Gasteiger partial charge on any atom is -0.463 e. The first-order valence-electron chi connectivity index (χ1n) is 6.16. The first kappa shape index (κ1) is 14.8. The van der Waals surface area contributed by atoms with Crippen molar-refractivity contribution in [3.05, 3.63) is 34.1 Å². The number of halogens is 2. The molecule has 0 fully saturated rings. The largest absolute Gasteiger partial charge is 0.463 e. The van der Waals surface area contributed by atoms with E-state index in [1.165, 1.54) is 0 Å². The van der Waals surface area contributed by atoms with E-state index in [4.69, 9.17) is 27.9 Å². The van der Waals surface area contributed by atoms with Crippen molar-refractivity contribution in [2.45, 2.75) is 20.3 Å². The molecular formula is C13H14Cl2N4O. The Balaban J connectivity index is 2.19. The zero-order valence-electron chi connectivity index (χ0n) is 11.2. The highest BCUT2D eigenvalue weighted by Gasteiger charge is 2.07. The van der Waals surface area contributed by atoms with Crippen LogP contribution in [0.3, 0.4) is 0 Å². The lowest BCUT2D eigenvalue weighted by Gasteiger charge is -2.08. The van der Waals surface area contributed by atoms with Crippen molar-refractivity contribution in [2.24, 2.45) is 0 Å². The smallest absolute Gasteiger partial charge is 0.322 e. The van der Waals surface area contributed by atoms with Gasteiger partial charge in [-0.05, 0) is 42.6 Å². The lowest BCUT2D eigenvalue weighted by molar-refractivity contribution is 0.292. The van der Waals surface area contributed by atoms with Crippen molar-refractivity contribution in [2.75, 3.05) is 11.9 Å². The second-order valence-corrected chi connectivity index (χ2v) is 4.89. The Bertz CT molecular complexity index is 607. The molecule has 0 atom stereocenters. The summed E-state index contributed by atoms with van der Waals surface area (Å²) in [5.74, 6) is 0.316. The molecule has 1 aromatic heterocycles. The molecule has 106 valence electrons. The van der Waals surface area contributed by atoms with Gasteiger partial charge in [-0.2, -0.15) is 15.0 Å². The third-order valence-corrected chi connectivity index (χ3v) is 3.03. The monoisotopic (exact) mass is 312 g/mol. The van der Waals surface area contributed by atoms with E-state index in [1.807, 2.05) is 26.0 Å². The Hall–Kier alpha value is -1.59. The van der Waals surface area contributed by atoms with E-state index in [1.54, 1.807) is 6.07 Å². The predicted octanol–water partition coefficient (Wildman–Crippen LogP) is 4.02. The van der Waals surface area contributed by atoms with Gasteiger partial charge in [0.05, 0.1) is 6.61 Å². The Labute approximate surface area is 127 Å². The molecule has 7 heteroatoms. The van der Waals surface area contributed by atoms with Gasteiger partial charge in [-0.3, -0.25) is 0 Å². The van der Waals surface area contributed by atoms with Crippen LogP contribution in [0.2, 0.25) is 10.3 Å². The molecule has 0 aliphatic rings. The van der Waals surface area contributed by atoms with Gasteiger partial charge >= 0.3 is 6.01 Å². The normalized spacial score (nSPS) is 10.4. The van der Waals surface area contributed by atoms with Crippen LogP contribution in [0.15, 0.2) is 18.2 Å². The minimum atomic E-state index is 0.0758. The lowest BCUT2D eigenvalue weighted by atomic mass is 10.2. The number of nitrogens with zero attached hydrogens (tertiary/aromatic N) is 3. The van der Waals surface area contributed by atoms with Crippen LogP contribution in [0.25, 0.3) is 0 Å². The van der Waals surface area contributed by atoms with E-state index in [2.05, 4.69) is 20.3 Å². The molecule has 0 radical (unpaired) electrons. The second-order valence-electron chi connectivity index (χ2n) is 4.15. The number of aromatic nitrogens is 3. The van der Waals surface area contributed by atoms with E-state index in [0.717, 1.165) is 17.7 Å². The molecule has 0 spiro atoms. The van der Waals surface area contributed by atoms with Crippen LogP contribution in [-0.2, 0) is 0 Å². The van der Waals surface area contributed by atoms with Crippen molar-refractivity contribution in [1.29, 1.82) is 0 Å². The maximum Gasteiger partial charge on any atom is 0.322 e. The van der Waals surface area contributed by atoms with Gasteiger partial charge in [0, 0.05) is 10.7 Å². The van der Waals surface area contributed by atoms with Crippen molar-refractivity contribution in [3.8, 4) is 6.01 Å². The molecule has 0 amide bonds. The standard InChI is InChI=1S/C13H14Cl2N4O/c1-3-6-20-13-18-11(15)17-12(19-13)16-9-5-4-8(2)10(14)7-9/h4-5,7H,3,6H2,1-2H3,(H,16,17,18,19). The van der Waals surface area contributed by atoms with Gasteiger partial charge in [0.1, 0.15) is 0 Å². The minimum absolute atomic E-state index is 0.0758. The Morgan fingerprint density at radius 2 is 2.00 bits per heavy atom. The number of hydrogen-bond donors (Lipinski definition) is 1. The van der Waals surface area contributed by atoms with Crippen LogP contribution >= 0.6 is 23.2 Å². The fourth-order valence-corrected chi connectivity index (χ4v) is 1.78. The third kappa shape index (κ3) is 3.95. The summed E-state index contributed by atoms with van der Waals surface area (Å²) in [4.78, 5) is 12.0. The Morgan fingerprint density at radius 1 is 1.20 bits per heavy atom. The fourth-order valence-electron chi connectivity index (χ4n) is 1.45. The van der Waals surface area contributed by atoms with Gasteiger partial charge in [-0.25, -0.2) is 0 Å². The highest BCUT2D eigenvalue weighted by atomic mass is 35.5. The number of hydrogen-bond acceptors (Lipinski definition) is 5. The zero-order valence-corrected chi connectivity index (χ0v) is 12.7. The molecule has 0 saturated heterocycles. The number of rotatable bonds is 5. The maximum absolute atomic E-state index is 6.07. The van der Waals surface area contributed by atoms with Gasteiger partial charge < -0.3 is 10.1 Å². The molecule has 0 saturated carbocycles. The molecule has 1 N–H and O–H groups in total. The Kier molecular flexibility index (Phi) is 4.98. The van der Waals surface area contributed by atoms with Crippen molar-refractivity contribution >= 4 is 34.8 Å². The van der Waals surface area contributed by atoms with Gasteiger partial charge in [-0.1, -0.05) is 24.6 Å². The van der Waals surface area contributed by atoms with Crippen LogP contribution in [-0.4, -0.2) is 21.6 Å². The highest BCUT2D eigenvalue weighted by Crippen LogP contribution is 2.22. The average molecular weight is 313 g/mol. The summed E-state index contributed by atoms with van der Waals surface area (Å²) < 4.78 is 5.34. The van der Waals surface area contributed by atoms with Crippen LogP contribution in [0, 0.1) is 6.92 Å². The van der Waals surface area contributed by atoms with E-state index in [0.29, 0.717) is 17.6 Å². The third-order valence-electron chi connectivity index (χ3n) is 2.45. The fraction of sp³-hybridized carbons (Fsp3) is 0.308. The molecule has 2 aromatic rings. The van der Waals surface area contributed by atoms with Crippen molar-refractivity contribution in [1.82, 2.24) is 15.0 Å². The SMILES string of the molecule is CCCOc1nc(Cl)nc(Nc2ccc(C)c(Cl)c2)n1. The molecule has 0 bridgehead atoms. The van der Waals surface area contributed by atoms with Crippen LogP contribution in [0.5, 0.6) is 6.01 Å². The van der Waals surface area contributed by atoms with E-state index in [9.17, 15) is 0 Å². The molecule has 0 aliphatic carbocycles. The van der Waals surface area contributed by atoms with Crippen LogP contribution in [0.1, 0.15) is 18.9 Å². The topological polar surface area (TPSA) is 59.9 Å². The first-order chi connectivity index (χ1) is 9.58. The number of benzene rings is 1. The second kappa shape index (κ2) is 6.72. The molecule has 1 heterocycles. The summed E-state index contributed by atoms with van der Waals surface area (Å²) in [6.45, 7) is 4.45. The lowest BCUT2D eigenvalue weighted by Crippen LogP contribution is -2.04. The molecule has 1 aromatic carbocycles. The Morgan fingerprint density at radius 3 is 2.70 bits per heavy atom. The molecule has 0 unspecified atom stereocenters. The summed E-state index contributed by atoms with van der Waals surface area (Å²) in [6, 6.07) is 5.78. The zero-order chi connectivity index (χ0) is 14.5. The van der Waals surface area contributed by atoms with Crippen LogP contribution < -0.4 is 10.1 Å². The molecular weight excluding hydrogens is 299 g/mol. The van der Waals surface area contributed by atoms with Crippen LogP contribution in [0.4, 0.5) is 11.6 Å². The van der Waals surface area contributed by atoms with E-state index < -0.39 is 0 Å². The molecule has 0 aliphatic heterocycles. The quantitative estimate of drug-likeness (QED) is 0.903. The maximum atomic E-state index is 6.07. The predicted molar refractivity (Wildman–Crippen MR) is 80.1 cm³/mol. The van der Waals surface area contributed by atoms with Gasteiger partial charge in [0.2, 0.25) is 11.2 Å². The summed E-state index contributed by atoms with van der Waals surface area (Å²) in [6.07, 6.45) is 0.861. The number of nitrogens with one attached hydrogen (secondary N) is 1. The van der Waals surface area contributed by atoms with E-state index >= 15 is 0 Å². The first-order valence-corrected chi connectivity index (χ1v) is 6.91. The van der Waals surface area contributed by atoms with Crippen molar-refractivity contribution < 1.29 is 4.74 Å². The molecule has 20 heavy (non-hydrogen) atoms. The van der Waals surface area contributed by atoms with E-state index in [-0.39, 0.29) is 11.3 Å². The summed E-state index contributed by atoms with van der Waals surface area (Å²) >= 11 is 11.9. The number of aryl methyl sites for hydroxylation is 1.